The fourth-order valence-electron chi connectivity index (χ4n) is 1.34. The molecule has 0 unspecified atom stereocenters. The van der Waals surface area contributed by atoms with Crippen LogP contribution in [0.4, 0.5) is 0 Å². The molecule has 0 aromatic carbocycles. The fraction of sp³-hybridized carbons (Fsp3) is 0.929. The summed E-state index contributed by atoms with van der Waals surface area (Å²) in [7, 11) is 6.77. The number of unbranched alkanes of at least 4 members (excludes halogenated alkanes) is 4. The second kappa shape index (κ2) is 11.9. The predicted octanol–water partition coefficient (Wildman–Crippen LogP) is 3.53. The highest BCUT2D eigenvalue weighted by Gasteiger charge is 2.04. The van der Waals surface area contributed by atoms with Crippen molar-refractivity contribution in [1.82, 2.24) is 0 Å². The average Bonchev–Trinajstić information content (AvgIpc) is 2.21. The fourth-order valence-corrected chi connectivity index (χ4v) is 1.34. The van der Waals surface area contributed by atoms with Gasteiger partial charge in [-0.25, -0.2) is 0 Å². The van der Waals surface area contributed by atoms with E-state index >= 15 is 0 Å². The monoisotopic (exact) mass is 246 g/mol. The standard InChI is InChI=1S/C9H22N.C5H10O2/c1-5-6-7-8-9-10(2,3)4;1-2-3-4-5(6)7/h5-9H2,1-4H3;2-4H2,1H3,(H,6,7)/q+1;. The Morgan fingerprint density at radius 3 is 1.76 bits per heavy atom. The van der Waals surface area contributed by atoms with Gasteiger partial charge in [0.1, 0.15) is 0 Å². The van der Waals surface area contributed by atoms with Crippen molar-refractivity contribution >= 4 is 5.97 Å². The van der Waals surface area contributed by atoms with E-state index in [-0.39, 0.29) is 0 Å². The molecule has 0 aromatic heterocycles. The first-order valence-corrected chi connectivity index (χ1v) is 6.85. The Hall–Kier alpha value is -0.570. The number of nitrogens with zero attached hydrogens (tertiary/aromatic N) is 1. The van der Waals surface area contributed by atoms with E-state index in [4.69, 9.17) is 5.11 Å². The van der Waals surface area contributed by atoms with Gasteiger partial charge in [0.2, 0.25) is 0 Å². The SMILES string of the molecule is CCCCC(=O)O.CCCCCC[N+](C)(C)C. The maximum atomic E-state index is 9.76. The van der Waals surface area contributed by atoms with Crippen molar-refractivity contribution in [2.45, 2.75) is 58.8 Å². The third-order valence-electron chi connectivity index (χ3n) is 2.43. The van der Waals surface area contributed by atoms with Crippen LogP contribution in [-0.2, 0) is 4.79 Å². The summed E-state index contributed by atoms with van der Waals surface area (Å²) < 4.78 is 1.11. The molecule has 3 nitrogen and oxygen atoms in total. The number of carbonyl (C=O) groups is 1. The molecule has 104 valence electrons. The lowest BCUT2D eigenvalue weighted by atomic mass is 10.2. The lowest BCUT2D eigenvalue weighted by molar-refractivity contribution is -0.870. The first-order chi connectivity index (χ1) is 7.83. The van der Waals surface area contributed by atoms with Crippen molar-refractivity contribution in [2.24, 2.45) is 0 Å². The zero-order chi connectivity index (χ0) is 13.7. The molecule has 0 saturated carbocycles. The van der Waals surface area contributed by atoms with Gasteiger partial charge in [-0.3, -0.25) is 4.79 Å². The van der Waals surface area contributed by atoms with Crippen molar-refractivity contribution < 1.29 is 14.4 Å². The molecule has 0 aliphatic carbocycles. The van der Waals surface area contributed by atoms with Gasteiger partial charge in [0.15, 0.2) is 0 Å². The molecule has 0 heterocycles. The molecular formula is C14H32NO2+. The maximum absolute atomic E-state index is 9.76. The molecule has 0 aliphatic heterocycles. The van der Waals surface area contributed by atoms with Crippen LogP contribution >= 0.6 is 0 Å². The lowest BCUT2D eigenvalue weighted by Crippen LogP contribution is -2.35. The van der Waals surface area contributed by atoms with Gasteiger partial charge in [0.25, 0.3) is 0 Å². The average molecular weight is 246 g/mol. The summed E-state index contributed by atoms with van der Waals surface area (Å²) in [5.41, 5.74) is 0. The second-order valence-corrected chi connectivity index (χ2v) is 5.57. The van der Waals surface area contributed by atoms with Gasteiger partial charge in [-0.15, -0.1) is 0 Å². The molecular weight excluding hydrogens is 214 g/mol. The highest BCUT2D eigenvalue weighted by atomic mass is 16.4. The number of quaternary nitrogens is 1. The van der Waals surface area contributed by atoms with E-state index in [1.807, 2.05) is 6.92 Å². The molecule has 0 saturated heterocycles. The van der Waals surface area contributed by atoms with Crippen LogP contribution in [0.15, 0.2) is 0 Å². The number of aliphatic carboxylic acids is 1. The van der Waals surface area contributed by atoms with Crippen LogP contribution in [0.2, 0.25) is 0 Å². The van der Waals surface area contributed by atoms with Crippen LogP contribution in [0.5, 0.6) is 0 Å². The Morgan fingerprint density at radius 2 is 1.47 bits per heavy atom. The van der Waals surface area contributed by atoms with Crippen LogP contribution in [0.1, 0.15) is 58.8 Å². The number of rotatable bonds is 8. The molecule has 0 aliphatic rings. The normalized spacial score (nSPS) is 10.6. The molecule has 1 N–H and O–H groups in total. The van der Waals surface area contributed by atoms with Crippen LogP contribution < -0.4 is 0 Å². The van der Waals surface area contributed by atoms with Crippen molar-refractivity contribution in [2.75, 3.05) is 27.7 Å². The minimum atomic E-state index is -0.693. The first kappa shape index (κ1) is 18.8. The molecule has 0 aromatic rings. The van der Waals surface area contributed by atoms with Crippen LogP contribution in [0, 0.1) is 0 Å². The largest absolute Gasteiger partial charge is 0.481 e. The number of hydrogen-bond acceptors (Lipinski definition) is 1. The maximum Gasteiger partial charge on any atom is 0.303 e. The third-order valence-corrected chi connectivity index (χ3v) is 2.43. The second-order valence-electron chi connectivity index (χ2n) is 5.57. The molecule has 0 amide bonds. The Labute approximate surface area is 107 Å². The van der Waals surface area contributed by atoms with Crippen molar-refractivity contribution in [1.29, 1.82) is 0 Å². The van der Waals surface area contributed by atoms with Crippen LogP contribution in [-0.4, -0.2) is 43.2 Å². The smallest absolute Gasteiger partial charge is 0.303 e. The summed E-state index contributed by atoms with van der Waals surface area (Å²) in [6, 6.07) is 0. The van der Waals surface area contributed by atoms with E-state index in [0.717, 1.165) is 17.3 Å². The molecule has 0 bridgehead atoms. The van der Waals surface area contributed by atoms with Crippen LogP contribution in [0.25, 0.3) is 0 Å². The van der Waals surface area contributed by atoms with Crippen LogP contribution in [0.3, 0.4) is 0 Å². The Morgan fingerprint density at radius 1 is 0.941 bits per heavy atom. The summed E-state index contributed by atoms with van der Waals surface area (Å²) in [6.07, 6.45) is 7.62. The van der Waals surface area contributed by atoms with Gasteiger partial charge in [-0.2, -0.15) is 0 Å². The zero-order valence-corrected chi connectivity index (χ0v) is 12.5. The number of carboxylic acids is 1. The first-order valence-electron chi connectivity index (χ1n) is 6.85. The summed E-state index contributed by atoms with van der Waals surface area (Å²) in [6.45, 7) is 5.55. The van der Waals surface area contributed by atoms with E-state index in [1.54, 1.807) is 0 Å². The number of hydrogen-bond donors (Lipinski definition) is 1. The molecule has 17 heavy (non-hydrogen) atoms. The quantitative estimate of drug-likeness (QED) is 0.525. The van der Waals surface area contributed by atoms with Crippen molar-refractivity contribution in [3.63, 3.8) is 0 Å². The van der Waals surface area contributed by atoms with Gasteiger partial charge in [0.05, 0.1) is 27.7 Å². The number of carboxylic acid groups (broad SMARTS) is 1. The van der Waals surface area contributed by atoms with E-state index < -0.39 is 5.97 Å². The highest BCUT2D eigenvalue weighted by molar-refractivity contribution is 5.66. The summed E-state index contributed by atoms with van der Waals surface area (Å²) in [4.78, 5) is 9.76. The molecule has 0 rings (SSSR count). The Bertz CT molecular complexity index is 174. The lowest BCUT2D eigenvalue weighted by Gasteiger charge is -2.23. The zero-order valence-electron chi connectivity index (χ0n) is 12.5. The third kappa shape index (κ3) is 25.6. The van der Waals surface area contributed by atoms with E-state index in [0.29, 0.717) is 6.42 Å². The highest BCUT2D eigenvalue weighted by Crippen LogP contribution is 2.02. The summed E-state index contributed by atoms with van der Waals surface area (Å²) in [5, 5.41) is 8.04. The minimum absolute atomic E-state index is 0.316. The Kier molecular flexibility index (Phi) is 13.2. The van der Waals surface area contributed by atoms with Gasteiger partial charge in [-0.1, -0.05) is 33.1 Å². The molecule has 0 atom stereocenters. The molecule has 0 radical (unpaired) electrons. The molecule has 0 spiro atoms. The van der Waals surface area contributed by atoms with Crippen molar-refractivity contribution in [3.8, 4) is 0 Å². The van der Waals surface area contributed by atoms with E-state index in [2.05, 4.69) is 28.1 Å². The summed E-state index contributed by atoms with van der Waals surface area (Å²) in [5.74, 6) is -0.693. The van der Waals surface area contributed by atoms with E-state index in [1.165, 1.54) is 32.2 Å². The van der Waals surface area contributed by atoms with Gasteiger partial charge in [0, 0.05) is 6.42 Å². The van der Waals surface area contributed by atoms with Gasteiger partial charge in [-0.05, 0) is 19.3 Å². The van der Waals surface area contributed by atoms with E-state index in [9.17, 15) is 4.79 Å². The Balaban J connectivity index is 0. The van der Waals surface area contributed by atoms with Gasteiger partial charge >= 0.3 is 5.97 Å². The summed E-state index contributed by atoms with van der Waals surface area (Å²) >= 11 is 0. The molecule has 0 fully saturated rings. The van der Waals surface area contributed by atoms with Crippen molar-refractivity contribution in [3.05, 3.63) is 0 Å². The van der Waals surface area contributed by atoms with Gasteiger partial charge < -0.3 is 9.59 Å². The topological polar surface area (TPSA) is 37.3 Å². The minimum Gasteiger partial charge on any atom is -0.481 e. The molecule has 3 heteroatoms. The predicted molar refractivity (Wildman–Crippen MR) is 74.2 cm³/mol.